The molecule has 1 fully saturated rings. The van der Waals surface area contributed by atoms with Crippen LogP contribution in [0.5, 0.6) is 0 Å². The van der Waals surface area contributed by atoms with Crippen LogP contribution in [0.4, 0.5) is 0 Å². The maximum atomic E-state index is 12.7. The fourth-order valence-corrected chi connectivity index (χ4v) is 5.46. The SMILES string of the molecule is CCc1cc(/C=C/C2=C(C(=O)O)N3C(=O)[C@@H](NC(=O)CSc4ccccc4)C3SC2)on1. The van der Waals surface area contributed by atoms with E-state index in [1.54, 1.807) is 18.2 Å². The number of allylic oxidation sites excluding steroid dienone is 1. The van der Waals surface area contributed by atoms with Crippen molar-refractivity contribution < 1.29 is 24.0 Å². The van der Waals surface area contributed by atoms with Gasteiger partial charge in [0.2, 0.25) is 5.91 Å². The lowest BCUT2D eigenvalue weighted by molar-refractivity contribution is -0.150. The molecule has 0 saturated carbocycles. The van der Waals surface area contributed by atoms with Crippen molar-refractivity contribution in [1.82, 2.24) is 15.4 Å². The summed E-state index contributed by atoms with van der Waals surface area (Å²) in [7, 11) is 0. The second-order valence-corrected chi connectivity index (χ2v) is 9.30. The molecule has 2 aliphatic rings. The highest BCUT2D eigenvalue weighted by Gasteiger charge is 2.53. The predicted octanol–water partition coefficient (Wildman–Crippen LogP) is 2.78. The standard InChI is InChI=1S/C22H21N3O5S2/c1-2-14-10-15(30-24-14)9-8-13-11-32-21-18(20(27)25(21)19(13)22(28)29)23-17(26)12-31-16-6-4-3-5-7-16/h3-10,18,21H,2,11-12H2,1H3,(H,23,26)(H,28,29)/b9-8+/t18-,21?/m1/s1. The summed E-state index contributed by atoms with van der Waals surface area (Å²) >= 11 is 2.80. The van der Waals surface area contributed by atoms with Crippen LogP contribution in [0, 0.1) is 0 Å². The lowest BCUT2D eigenvalue weighted by Crippen LogP contribution is -2.70. The number of thioether (sulfide) groups is 2. The largest absolute Gasteiger partial charge is 0.477 e. The minimum Gasteiger partial charge on any atom is -0.477 e. The summed E-state index contributed by atoms with van der Waals surface area (Å²) in [6.45, 7) is 1.96. The third-order valence-corrected chi connectivity index (χ3v) is 7.33. The molecule has 3 heterocycles. The second-order valence-electron chi connectivity index (χ2n) is 7.14. The van der Waals surface area contributed by atoms with Crippen molar-refractivity contribution in [1.29, 1.82) is 0 Å². The van der Waals surface area contributed by atoms with Gasteiger partial charge in [-0.25, -0.2) is 4.79 Å². The Kier molecular flexibility index (Phi) is 6.71. The first-order valence-corrected chi connectivity index (χ1v) is 12.0. The van der Waals surface area contributed by atoms with Gasteiger partial charge in [-0.1, -0.05) is 36.4 Å². The zero-order valence-electron chi connectivity index (χ0n) is 17.2. The molecule has 1 unspecified atom stereocenters. The monoisotopic (exact) mass is 471 g/mol. The Labute approximate surface area is 193 Å². The molecule has 32 heavy (non-hydrogen) atoms. The first-order chi connectivity index (χ1) is 15.5. The average Bonchev–Trinajstić information content (AvgIpc) is 3.28. The van der Waals surface area contributed by atoms with Gasteiger partial charge in [0.1, 0.15) is 17.1 Å². The number of aromatic nitrogens is 1. The summed E-state index contributed by atoms with van der Waals surface area (Å²) < 4.78 is 5.20. The van der Waals surface area contributed by atoms with E-state index in [1.165, 1.54) is 28.4 Å². The topological polar surface area (TPSA) is 113 Å². The normalized spacial score (nSPS) is 20.3. The van der Waals surface area contributed by atoms with Gasteiger partial charge in [-0.05, 0) is 30.2 Å². The fourth-order valence-electron chi connectivity index (χ4n) is 3.41. The molecule has 2 atom stereocenters. The van der Waals surface area contributed by atoms with Gasteiger partial charge in [0.15, 0.2) is 5.76 Å². The number of hydrogen-bond acceptors (Lipinski definition) is 7. The Morgan fingerprint density at radius 2 is 2.12 bits per heavy atom. The highest BCUT2D eigenvalue weighted by atomic mass is 32.2. The summed E-state index contributed by atoms with van der Waals surface area (Å²) in [5.41, 5.74) is 1.25. The van der Waals surface area contributed by atoms with Crippen LogP contribution in [-0.4, -0.2) is 55.9 Å². The Bertz CT molecular complexity index is 1100. The number of nitrogens with zero attached hydrogens (tertiary/aromatic N) is 2. The molecule has 1 aromatic heterocycles. The Hall–Kier alpha value is -2.98. The van der Waals surface area contributed by atoms with Gasteiger partial charge in [-0.3, -0.25) is 14.5 Å². The number of nitrogens with one attached hydrogen (secondary N) is 1. The van der Waals surface area contributed by atoms with Gasteiger partial charge in [-0.15, -0.1) is 23.5 Å². The summed E-state index contributed by atoms with van der Waals surface area (Å²) in [5.74, 6) is -0.774. The van der Waals surface area contributed by atoms with Crippen LogP contribution in [0.25, 0.3) is 6.08 Å². The van der Waals surface area contributed by atoms with Crippen molar-refractivity contribution in [3.63, 3.8) is 0 Å². The highest BCUT2D eigenvalue weighted by Crippen LogP contribution is 2.40. The maximum absolute atomic E-state index is 12.7. The molecule has 0 radical (unpaired) electrons. The number of carboxylic acid groups (broad SMARTS) is 1. The van der Waals surface area contributed by atoms with E-state index < -0.39 is 23.3 Å². The molecule has 2 N–H and O–H groups in total. The van der Waals surface area contributed by atoms with Crippen molar-refractivity contribution in [2.45, 2.75) is 29.7 Å². The van der Waals surface area contributed by atoms with E-state index in [0.717, 1.165) is 17.0 Å². The molecular formula is C22H21N3O5S2. The van der Waals surface area contributed by atoms with Gasteiger partial charge in [0, 0.05) is 16.7 Å². The molecule has 8 nitrogen and oxygen atoms in total. The number of aliphatic carboxylic acids is 1. The minimum absolute atomic E-state index is 0.0608. The van der Waals surface area contributed by atoms with Gasteiger partial charge in [0.25, 0.3) is 5.91 Å². The van der Waals surface area contributed by atoms with Gasteiger partial charge in [0.05, 0.1) is 11.4 Å². The molecule has 0 aliphatic carbocycles. The zero-order chi connectivity index (χ0) is 22.7. The van der Waals surface area contributed by atoms with E-state index in [0.29, 0.717) is 17.1 Å². The number of carbonyl (C=O) groups is 3. The Balaban J connectivity index is 1.42. The van der Waals surface area contributed by atoms with E-state index in [-0.39, 0.29) is 17.4 Å². The molecular weight excluding hydrogens is 450 g/mol. The van der Waals surface area contributed by atoms with Crippen LogP contribution < -0.4 is 5.32 Å². The molecule has 1 saturated heterocycles. The fraction of sp³-hybridized carbons (Fsp3) is 0.273. The molecule has 10 heteroatoms. The molecule has 4 rings (SSSR count). The Morgan fingerprint density at radius 3 is 2.81 bits per heavy atom. The van der Waals surface area contributed by atoms with Crippen LogP contribution in [0.2, 0.25) is 0 Å². The number of rotatable bonds is 8. The zero-order valence-corrected chi connectivity index (χ0v) is 18.8. The predicted molar refractivity (Wildman–Crippen MR) is 122 cm³/mol. The quantitative estimate of drug-likeness (QED) is 0.446. The van der Waals surface area contributed by atoms with Crippen molar-refractivity contribution in [3.8, 4) is 0 Å². The van der Waals surface area contributed by atoms with Gasteiger partial charge < -0.3 is 14.9 Å². The van der Waals surface area contributed by atoms with Crippen LogP contribution in [-0.2, 0) is 20.8 Å². The second kappa shape index (κ2) is 9.66. The van der Waals surface area contributed by atoms with E-state index >= 15 is 0 Å². The van der Waals surface area contributed by atoms with E-state index in [1.807, 2.05) is 37.3 Å². The minimum atomic E-state index is -1.18. The van der Waals surface area contributed by atoms with Gasteiger partial charge in [-0.2, -0.15) is 0 Å². The van der Waals surface area contributed by atoms with E-state index in [9.17, 15) is 19.5 Å². The number of β-lactam (4-membered cyclic amide) rings is 1. The maximum Gasteiger partial charge on any atom is 0.352 e. The van der Waals surface area contributed by atoms with Crippen LogP contribution in [0.1, 0.15) is 18.4 Å². The summed E-state index contributed by atoms with van der Waals surface area (Å²) in [5, 5.41) is 16.0. The van der Waals surface area contributed by atoms with Crippen molar-refractivity contribution >= 4 is 47.4 Å². The summed E-state index contributed by atoms with van der Waals surface area (Å²) in [6.07, 6.45) is 4.02. The van der Waals surface area contributed by atoms with Crippen LogP contribution >= 0.6 is 23.5 Å². The number of hydrogen-bond donors (Lipinski definition) is 2. The molecule has 0 bridgehead atoms. The smallest absolute Gasteiger partial charge is 0.352 e. The number of amides is 2. The van der Waals surface area contributed by atoms with Crippen molar-refractivity contribution in [3.05, 3.63) is 65.2 Å². The highest BCUT2D eigenvalue weighted by molar-refractivity contribution is 8.00. The van der Waals surface area contributed by atoms with Crippen molar-refractivity contribution in [2.75, 3.05) is 11.5 Å². The molecule has 1 aromatic carbocycles. The number of carboxylic acids is 1. The number of fused-ring (bicyclic) bond motifs is 1. The molecule has 2 aliphatic heterocycles. The third kappa shape index (κ3) is 4.61. The third-order valence-electron chi connectivity index (χ3n) is 5.02. The lowest BCUT2D eigenvalue weighted by Gasteiger charge is -2.49. The Morgan fingerprint density at radius 1 is 1.34 bits per heavy atom. The first-order valence-electron chi connectivity index (χ1n) is 10.00. The summed E-state index contributed by atoms with van der Waals surface area (Å²) in [4.78, 5) is 39.2. The van der Waals surface area contributed by atoms with Crippen molar-refractivity contribution in [2.24, 2.45) is 0 Å². The first kappa shape index (κ1) is 22.2. The summed E-state index contributed by atoms with van der Waals surface area (Å²) in [6, 6.07) is 10.6. The van der Waals surface area contributed by atoms with E-state index in [4.69, 9.17) is 4.52 Å². The number of benzene rings is 1. The van der Waals surface area contributed by atoms with Crippen LogP contribution in [0.3, 0.4) is 0 Å². The van der Waals surface area contributed by atoms with Gasteiger partial charge >= 0.3 is 5.97 Å². The van der Waals surface area contributed by atoms with Crippen LogP contribution in [0.15, 0.2) is 63.2 Å². The molecule has 2 amide bonds. The average molecular weight is 472 g/mol. The molecule has 2 aromatic rings. The molecule has 0 spiro atoms. The van der Waals surface area contributed by atoms with E-state index in [2.05, 4.69) is 10.5 Å². The lowest BCUT2D eigenvalue weighted by atomic mass is 10.0. The molecule has 166 valence electrons. The number of aryl methyl sites for hydroxylation is 1. The number of carbonyl (C=O) groups excluding carboxylic acids is 2.